The van der Waals surface area contributed by atoms with Crippen LogP contribution in [0.4, 0.5) is 0 Å². The van der Waals surface area contributed by atoms with Crippen LogP contribution in [0.2, 0.25) is 0 Å². The maximum Gasteiger partial charge on any atom is 0.258 e. The molecule has 0 radical (unpaired) electrons. The van der Waals surface area contributed by atoms with Crippen molar-refractivity contribution in [1.82, 2.24) is 5.32 Å². The molecule has 0 unspecified atom stereocenters. The first-order valence-electron chi connectivity index (χ1n) is 7.40. The summed E-state index contributed by atoms with van der Waals surface area (Å²) >= 11 is 0. The van der Waals surface area contributed by atoms with Crippen LogP contribution in [0.3, 0.4) is 0 Å². The standard InChI is InChI=1S/C18H21NO4/c1-4-6-14-8-9-16(17(11-14)21-3)23-12-18(20)19-13(2)15-7-5-10-22-15/h4-11,13H,12H2,1-3H3,(H,19,20)/b6-4+/t13-/m0/s1. The Hall–Kier alpha value is -2.69. The Morgan fingerprint density at radius 2 is 2.17 bits per heavy atom. The molecule has 0 aliphatic heterocycles. The van der Waals surface area contributed by atoms with Crippen molar-refractivity contribution < 1.29 is 18.7 Å². The van der Waals surface area contributed by atoms with Gasteiger partial charge in [0.25, 0.3) is 5.91 Å². The topological polar surface area (TPSA) is 60.7 Å². The summed E-state index contributed by atoms with van der Waals surface area (Å²) in [7, 11) is 1.57. The highest BCUT2D eigenvalue weighted by Gasteiger charge is 2.13. The van der Waals surface area contributed by atoms with Gasteiger partial charge in [-0.15, -0.1) is 0 Å². The van der Waals surface area contributed by atoms with Crippen molar-refractivity contribution in [2.24, 2.45) is 0 Å². The minimum Gasteiger partial charge on any atom is -0.493 e. The van der Waals surface area contributed by atoms with Crippen molar-refractivity contribution in [2.75, 3.05) is 13.7 Å². The zero-order valence-electron chi connectivity index (χ0n) is 13.5. The van der Waals surface area contributed by atoms with E-state index in [0.717, 1.165) is 5.56 Å². The number of rotatable bonds is 7. The summed E-state index contributed by atoms with van der Waals surface area (Å²) in [6.07, 6.45) is 5.48. The number of benzene rings is 1. The second kappa shape index (κ2) is 8.08. The van der Waals surface area contributed by atoms with Gasteiger partial charge in [0.05, 0.1) is 19.4 Å². The highest BCUT2D eigenvalue weighted by Crippen LogP contribution is 2.28. The maximum absolute atomic E-state index is 12.0. The lowest BCUT2D eigenvalue weighted by Crippen LogP contribution is -2.31. The van der Waals surface area contributed by atoms with Gasteiger partial charge >= 0.3 is 0 Å². The van der Waals surface area contributed by atoms with E-state index in [1.54, 1.807) is 25.5 Å². The van der Waals surface area contributed by atoms with Crippen molar-refractivity contribution in [1.29, 1.82) is 0 Å². The molecule has 0 saturated carbocycles. The molecule has 5 heteroatoms. The van der Waals surface area contributed by atoms with Crippen molar-refractivity contribution in [3.8, 4) is 11.5 Å². The van der Waals surface area contributed by atoms with Crippen LogP contribution >= 0.6 is 0 Å². The molecule has 1 amide bonds. The molecule has 0 aliphatic carbocycles. The lowest BCUT2D eigenvalue weighted by molar-refractivity contribution is -0.123. The number of carbonyl (C=O) groups excluding carboxylic acids is 1. The third-order valence-electron chi connectivity index (χ3n) is 3.25. The summed E-state index contributed by atoms with van der Waals surface area (Å²) in [4.78, 5) is 12.0. The van der Waals surface area contributed by atoms with Gasteiger partial charge in [0.15, 0.2) is 18.1 Å². The van der Waals surface area contributed by atoms with E-state index in [9.17, 15) is 4.79 Å². The summed E-state index contributed by atoms with van der Waals surface area (Å²) < 4.78 is 16.1. The van der Waals surface area contributed by atoms with E-state index >= 15 is 0 Å². The monoisotopic (exact) mass is 315 g/mol. The number of furan rings is 1. The quantitative estimate of drug-likeness (QED) is 0.848. The normalized spacial score (nSPS) is 12.1. The number of methoxy groups -OCH3 is 1. The molecular formula is C18H21NO4. The number of hydrogen-bond donors (Lipinski definition) is 1. The van der Waals surface area contributed by atoms with Gasteiger partial charge in [-0.3, -0.25) is 4.79 Å². The van der Waals surface area contributed by atoms with Gasteiger partial charge in [0, 0.05) is 0 Å². The van der Waals surface area contributed by atoms with Crippen LogP contribution in [0.1, 0.15) is 31.2 Å². The highest BCUT2D eigenvalue weighted by molar-refractivity contribution is 5.78. The number of nitrogens with one attached hydrogen (secondary N) is 1. The SMILES string of the molecule is C/C=C/c1ccc(OCC(=O)N[C@@H](C)c2ccco2)c(OC)c1. The van der Waals surface area contributed by atoms with Crippen LogP contribution < -0.4 is 14.8 Å². The Kier molecular flexibility index (Phi) is 5.86. The van der Waals surface area contributed by atoms with Gasteiger partial charge in [0.2, 0.25) is 0 Å². The van der Waals surface area contributed by atoms with Gasteiger partial charge in [-0.2, -0.15) is 0 Å². The van der Waals surface area contributed by atoms with Gasteiger partial charge in [-0.25, -0.2) is 0 Å². The molecule has 1 heterocycles. The summed E-state index contributed by atoms with van der Waals surface area (Å²) in [6.45, 7) is 3.70. The number of carbonyl (C=O) groups is 1. The smallest absolute Gasteiger partial charge is 0.258 e. The Morgan fingerprint density at radius 3 is 2.83 bits per heavy atom. The number of amides is 1. The highest BCUT2D eigenvalue weighted by atomic mass is 16.5. The average molecular weight is 315 g/mol. The van der Waals surface area contributed by atoms with Gasteiger partial charge in [-0.1, -0.05) is 18.2 Å². The predicted molar refractivity (Wildman–Crippen MR) is 88.5 cm³/mol. The number of ether oxygens (including phenoxy) is 2. The largest absolute Gasteiger partial charge is 0.493 e. The van der Waals surface area contributed by atoms with Crippen molar-refractivity contribution in [3.05, 3.63) is 54.0 Å². The molecule has 1 aromatic carbocycles. The predicted octanol–water partition coefficient (Wildman–Crippen LogP) is 3.58. The second-order valence-corrected chi connectivity index (χ2v) is 5.00. The first-order chi connectivity index (χ1) is 11.1. The van der Waals surface area contributed by atoms with Crippen LogP contribution in [0.15, 0.2) is 47.1 Å². The molecule has 1 atom stereocenters. The van der Waals surface area contributed by atoms with Crippen LogP contribution in [-0.2, 0) is 4.79 Å². The molecule has 0 saturated heterocycles. The van der Waals surface area contributed by atoms with Crippen LogP contribution in [-0.4, -0.2) is 19.6 Å². The molecule has 2 aromatic rings. The van der Waals surface area contributed by atoms with E-state index in [0.29, 0.717) is 17.3 Å². The third-order valence-corrected chi connectivity index (χ3v) is 3.25. The van der Waals surface area contributed by atoms with Crippen molar-refractivity contribution in [2.45, 2.75) is 19.9 Å². The van der Waals surface area contributed by atoms with E-state index in [1.165, 1.54) is 0 Å². The van der Waals surface area contributed by atoms with Crippen LogP contribution in [0.25, 0.3) is 6.08 Å². The van der Waals surface area contributed by atoms with E-state index < -0.39 is 0 Å². The lowest BCUT2D eigenvalue weighted by Gasteiger charge is -2.14. The molecule has 5 nitrogen and oxygen atoms in total. The molecule has 1 aromatic heterocycles. The molecular weight excluding hydrogens is 294 g/mol. The molecule has 0 fully saturated rings. The number of hydrogen-bond acceptors (Lipinski definition) is 4. The second-order valence-electron chi connectivity index (χ2n) is 5.00. The van der Waals surface area contributed by atoms with E-state index in [4.69, 9.17) is 13.9 Å². The fraction of sp³-hybridized carbons (Fsp3) is 0.278. The Balaban J connectivity index is 1.93. The molecule has 122 valence electrons. The Bertz CT molecular complexity index is 662. The average Bonchev–Trinajstić information content (AvgIpc) is 3.08. The van der Waals surface area contributed by atoms with E-state index in [2.05, 4.69) is 5.32 Å². The molecule has 0 spiro atoms. The van der Waals surface area contributed by atoms with Crippen LogP contribution in [0.5, 0.6) is 11.5 Å². The zero-order valence-corrected chi connectivity index (χ0v) is 13.5. The summed E-state index contributed by atoms with van der Waals surface area (Å²) in [5.74, 6) is 1.59. The summed E-state index contributed by atoms with van der Waals surface area (Å²) in [5.41, 5.74) is 1.01. The molecule has 1 N–H and O–H groups in total. The van der Waals surface area contributed by atoms with Crippen molar-refractivity contribution >= 4 is 12.0 Å². The van der Waals surface area contributed by atoms with Gasteiger partial charge < -0.3 is 19.2 Å². The first kappa shape index (κ1) is 16.7. The Morgan fingerprint density at radius 1 is 1.35 bits per heavy atom. The molecule has 2 rings (SSSR count). The molecule has 0 bridgehead atoms. The Labute approximate surface area is 135 Å². The summed E-state index contributed by atoms with van der Waals surface area (Å²) in [5, 5.41) is 2.81. The van der Waals surface area contributed by atoms with E-state index in [-0.39, 0.29) is 18.6 Å². The molecule has 0 aliphatic rings. The van der Waals surface area contributed by atoms with E-state index in [1.807, 2.05) is 44.2 Å². The number of allylic oxidation sites excluding steroid dienone is 1. The first-order valence-corrected chi connectivity index (χ1v) is 7.40. The molecule has 23 heavy (non-hydrogen) atoms. The minimum atomic E-state index is -0.228. The summed E-state index contributed by atoms with van der Waals surface area (Å²) in [6, 6.07) is 8.94. The van der Waals surface area contributed by atoms with Crippen molar-refractivity contribution in [3.63, 3.8) is 0 Å². The minimum absolute atomic E-state index is 0.0929. The zero-order chi connectivity index (χ0) is 16.7. The lowest BCUT2D eigenvalue weighted by atomic mass is 10.2. The van der Waals surface area contributed by atoms with Gasteiger partial charge in [0.1, 0.15) is 5.76 Å². The van der Waals surface area contributed by atoms with Gasteiger partial charge in [-0.05, 0) is 43.7 Å². The fourth-order valence-electron chi connectivity index (χ4n) is 2.13. The fourth-order valence-corrected chi connectivity index (χ4v) is 2.13. The third kappa shape index (κ3) is 4.64. The van der Waals surface area contributed by atoms with Crippen LogP contribution in [0, 0.1) is 0 Å². The maximum atomic E-state index is 12.0.